The number of fused-ring (bicyclic) bond motifs is 3. The smallest absolute Gasteiger partial charge is 0.226 e. The number of para-hydroxylation sites is 1. The van der Waals surface area contributed by atoms with Crippen LogP contribution in [0.3, 0.4) is 0 Å². The summed E-state index contributed by atoms with van der Waals surface area (Å²) in [6, 6.07) is 24.2. The standard InChI is InChI=1S/C25H19BrN4O2/c1-31-18-11-9-15(10-12-18)23-21-22(29-25-27-14-28-30(23)25)19-7-2-3-8-20(19)32-24(21)16-5-4-6-17(26)13-16/h2-14,23-24H,1H3,(H,27,28,29)/t23-,24-/m0/s1. The van der Waals surface area contributed by atoms with Gasteiger partial charge in [0.25, 0.3) is 0 Å². The van der Waals surface area contributed by atoms with Gasteiger partial charge < -0.3 is 14.8 Å². The van der Waals surface area contributed by atoms with Gasteiger partial charge in [-0.3, -0.25) is 0 Å². The fraction of sp³-hybridized carbons (Fsp3) is 0.120. The Labute approximate surface area is 193 Å². The number of aromatic nitrogens is 3. The summed E-state index contributed by atoms with van der Waals surface area (Å²) in [6.45, 7) is 0. The number of methoxy groups -OCH3 is 1. The Morgan fingerprint density at radius 3 is 2.66 bits per heavy atom. The Bertz CT molecular complexity index is 1350. The van der Waals surface area contributed by atoms with Gasteiger partial charge in [0.2, 0.25) is 5.95 Å². The van der Waals surface area contributed by atoms with E-state index in [1.165, 1.54) is 0 Å². The summed E-state index contributed by atoms with van der Waals surface area (Å²) < 4.78 is 14.9. The van der Waals surface area contributed by atoms with Crippen LogP contribution in [0.15, 0.2) is 89.2 Å². The minimum absolute atomic E-state index is 0.188. The van der Waals surface area contributed by atoms with Gasteiger partial charge in [-0.05, 0) is 47.5 Å². The van der Waals surface area contributed by atoms with E-state index in [2.05, 4.69) is 61.7 Å². The third-order valence-electron chi connectivity index (χ3n) is 5.90. The molecule has 2 aliphatic heterocycles. The average Bonchev–Trinajstić information content (AvgIpc) is 3.30. The first-order valence-electron chi connectivity index (χ1n) is 10.3. The highest BCUT2D eigenvalue weighted by molar-refractivity contribution is 9.10. The molecule has 4 aromatic rings. The molecule has 0 radical (unpaired) electrons. The Morgan fingerprint density at radius 2 is 1.84 bits per heavy atom. The molecule has 0 saturated heterocycles. The minimum Gasteiger partial charge on any atom is -0.497 e. The predicted octanol–water partition coefficient (Wildman–Crippen LogP) is 5.61. The number of nitrogens with one attached hydrogen (secondary N) is 1. The Hall–Kier alpha value is -3.58. The highest BCUT2D eigenvalue weighted by Crippen LogP contribution is 2.50. The molecule has 0 amide bonds. The van der Waals surface area contributed by atoms with Crippen molar-refractivity contribution in [2.24, 2.45) is 0 Å². The van der Waals surface area contributed by atoms with E-state index >= 15 is 0 Å². The molecule has 158 valence electrons. The minimum atomic E-state index is -0.297. The molecule has 2 atom stereocenters. The van der Waals surface area contributed by atoms with E-state index in [-0.39, 0.29) is 12.1 Å². The van der Waals surface area contributed by atoms with E-state index in [0.29, 0.717) is 5.95 Å². The van der Waals surface area contributed by atoms with E-state index in [4.69, 9.17) is 9.47 Å². The fourth-order valence-electron chi connectivity index (χ4n) is 4.47. The molecular weight excluding hydrogens is 468 g/mol. The van der Waals surface area contributed by atoms with Gasteiger partial charge in [0, 0.05) is 15.6 Å². The molecule has 0 saturated carbocycles. The number of halogens is 1. The Balaban J connectivity index is 1.61. The van der Waals surface area contributed by atoms with E-state index in [9.17, 15) is 0 Å². The van der Waals surface area contributed by atoms with Gasteiger partial charge in [-0.2, -0.15) is 10.1 Å². The van der Waals surface area contributed by atoms with Crippen LogP contribution in [0, 0.1) is 0 Å². The number of nitrogens with zero attached hydrogens (tertiary/aromatic N) is 3. The largest absolute Gasteiger partial charge is 0.497 e. The monoisotopic (exact) mass is 486 g/mol. The molecule has 32 heavy (non-hydrogen) atoms. The van der Waals surface area contributed by atoms with Crippen molar-refractivity contribution in [1.82, 2.24) is 14.8 Å². The summed E-state index contributed by atoms with van der Waals surface area (Å²) in [5, 5.41) is 8.09. The van der Waals surface area contributed by atoms with Crippen LogP contribution in [0.5, 0.6) is 11.5 Å². The van der Waals surface area contributed by atoms with Crippen molar-refractivity contribution < 1.29 is 9.47 Å². The molecule has 0 aliphatic carbocycles. The topological polar surface area (TPSA) is 61.2 Å². The fourth-order valence-corrected chi connectivity index (χ4v) is 4.89. The molecule has 1 N–H and O–H groups in total. The normalized spacial score (nSPS) is 18.7. The molecule has 3 heterocycles. The van der Waals surface area contributed by atoms with Crippen LogP contribution in [-0.4, -0.2) is 21.9 Å². The van der Waals surface area contributed by atoms with Crippen molar-refractivity contribution in [2.75, 3.05) is 12.4 Å². The maximum Gasteiger partial charge on any atom is 0.226 e. The third-order valence-corrected chi connectivity index (χ3v) is 6.40. The van der Waals surface area contributed by atoms with Crippen LogP contribution in [-0.2, 0) is 0 Å². The second-order valence-corrected chi connectivity index (χ2v) is 8.62. The van der Waals surface area contributed by atoms with Crippen LogP contribution >= 0.6 is 15.9 Å². The lowest BCUT2D eigenvalue weighted by atomic mass is 9.84. The second-order valence-electron chi connectivity index (χ2n) is 7.71. The first kappa shape index (κ1) is 19.1. The maximum absolute atomic E-state index is 6.63. The number of benzene rings is 3. The first-order valence-corrected chi connectivity index (χ1v) is 11.1. The van der Waals surface area contributed by atoms with Gasteiger partial charge in [-0.1, -0.05) is 52.3 Å². The zero-order valence-electron chi connectivity index (χ0n) is 17.2. The molecular formula is C25H19BrN4O2. The number of ether oxygens (including phenoxy) is 2. The van der Waals surface area contributed by atoms with Gasteiger partial charge in [-0.15, -0.1) is 0 Å². The van der Waals surface area contributed by atoms with Crippen LogP contribution in [0.25, 0.3) is 5.70 Å². The summed E-state index contributed by atoms with van der Waals surface area (Å²) in [4.78, 5) is 4.48. The summed E-state index contributed by atoms with van der Waals surface area (Å²) in [5.41, 5.74) is 5.25. The summed E-state index contributed by atoms with van der Waals surface area (Å²) in [7, 11) is 1.67. The van der Waals surface area contributed by atoms with E-state index < -0.39 is 0 Å². The number of anilines is 1. The molecule has 0 unspecified atom stereocenters. The van der Waals surface area contributed by atoms with Crippen LogP contribution in [0.2, 0.25) is 0 Å². The highest BCUT2D eigenvalue weighted by Gasteiger charge is 2.40. The average molecular weight is 487 g/mol. The molecule has 2 aliphatic rings. The summed E-state index contributed by atoms with van der Waals surface area (Å²) >= 11 is 3.62. The van der Waals surface area contributed by atoms with Gasteiger partial charge in [-0.25, -0.2) is 4.68 Å². The van der Waals surface area contributed by atoms with Gasteiger partial charge >= 0.3 is 0 Å². The molecule has 3 aromatic carbocycles. The van der Waals surface area contributed by atoms with E-state index in [1.54, 1.807) is 13.4 Å². The molecule has 7 heteroatoms. The maximum atomic E-state index is 6.63. The van der Waals surface area contributed by atoms with E-state index in [1.807, 2.05) is 47.1 Å². The zero-order chi connectivity index (χ0) is 21.7. The zero-order valence-corrected chi connectivity index (χ0v) is 18.8. The quantitative estimate of drug-likeness (QED) is 0.407. The second kappa shape index (κ2) is 7.53. The van der Waals surface area contributed by atoms with Crippen molar-refractivity contribution in [3.8, 4) is 11.5 Å². The van der Waals surface area contributed by atoms with Gasteiger partial charge in [0.15, 0.2) is 0 Å². The van der Waals surface area contributed by atoms with Gasteiger partial charge in [0.05, 0.1) is 12.8 Å². The van der Waals surface area contributed by atoms with Crippen molar-refractivity contribution in [2.45, 2.75) is 12.1 Å². The van der Waals surface area contributed by atoms with Gasteiger partial charge in [0.1, 0.15) is 30.0 Å². The van der Waals surface area contributed by atoms with Crippen LogP contribution in [0.4, 0.5) is 5.95 Å². The number of hydrogen-bond donors (Lipinski definition) is 1. The summed E-state index contributed by atoms with van der Waals surface area (Å²) in [5.74, 6) is 2.35. The number of hydrogen-bond acceptors (Lipinski definition) is 5. The molecule has 0 bridgehead atoms. The highest BCUT2D eigenvalue weighted by atomic mass is 79.9. The third kappa shape index (κ3) is 3.00. The van der Waals surface area contributed by atoms with Crippen molar-refractivity contribution in [3.63, 3.8) is 0 Å². The van der Waals surface area contributed by atoms with E-state index in [0.717, 1.165) is 43.9 Å². The first-order chi connectivity index (χ1) is 15.7. The molecule has 0 fully saturated rings. The van der Waals surface area contributed by atoms with Crippen LogP contribution < -0.4 is 14.8 Å². The lowest BCUT2D eigenvalue weighted by Crippen LogP contribution is -2.32. The molecule has 1 aromatic heterocycles. The lowest BCUT2D eigenvalue weighted by Gasteiger charge is -2.39. The SMILES string of the molecule is COc1ccc([C@H]2C3=C(Nc4ncnn42)c2ccccc2O[C@H]3c2cccc(Br)c2)cc1. The Kier molecular flexibility index (Phi) is 4.50. The van der Waals surface area contributed by atoms with Crippen molar-refractivity contribution in [1.29, 1.82) is 0 Å². The van der Waals surface area contributed by atoms with Crippen LogP contribution in [0.1, 0.15) is 28.8 Å². The molecule has 6 nitrogen and oxygen atoms in total. The lowest BCUT2D eigenvalue weighted by molar-refractivity contribution is 0.223. The summed E-state index contributed by atoms with van der Waals surface area (Å²) in [6.07, 6.45) is 1.28. The molecule has 0 spiro atoms. The Morgan fingerprint density at radius 1 is 1.00 bits per heavy atom. The molecule has 6 rings (SSSR count). The number of rotatable bonds is 3. The van der Waals surface area contributed by atoms with Crippen molar-refractivity contribution >= 4 is 27.6 Å². The predicted molar refractivity (Wildman–Crippen MR) is 126 cm³/mol. The van der Waals surface area contributed by atoms with Crippen molar-refractivity contribution in [3.05, 3.63) is 106 Å².